The van der Waals surface area contributed by atoms with Crippen LogP contribution in [-0.2, 0) is 13.2 Å². The summed E-state index contributed by atoms with van der Waals surface area (Å²) in [4.78, 5) is 15.5. The first kappa shape index (κ1) is 28.3. The standard InChI is InChI=1S/C29H33F3N8O/c1-18-7-8-22(15-27(18)40-17-26(36-37-40)23-16-34-38(4)20(23)3)35-28(41)21-13-24(29(30,31)32)19(2)25(14-21)33-9-12-39-10-5-6-11-39/h7-8,13-17,33H,5-6,9-12H2,1-4H3,(H,35,41). The number of amides is 1. The molecule has 4 aromatic rings. The van der Waals surface area contributed by atoms with Crippen molar-refractivity contribution >= 4 is 17.3 Å². The highest BCUT2D eigenvalue weighted by Crippen LogP contribution is 2.36. The Morgan fingerprint density at radius 2 is 1.83 bits per heavy atom. The van der Waals surface area contributed by atoms with E-state index in [9.17, 15) is 18.0 Å². The zero-order chi connectivity index (χ0) is 29.3. The summed E-state index contributed by atoms with van der Waals surface area (Å²) in [5.74, 6) is -0.641. The molecule has 1 aliphatic heterocycles. The SMILES string of the molecule is Cc1ccc(NC(=O)c2cc(NCCN3CCCC3)c(C)c(C(F)(F)F)c2)cc1-n1cc(-c2cnn(C)c2C)nn1. The van der Waals surface area contributed by atoms with Crippen LogP contribution in [0.5, 0.6) is 0 Å². The summed E-state index contributed by atoms with van der Waals surface area (Å²) in [6.45, 7) is 8.47. The van der Waals surface area contributed by atoms with E-state index in [0.717, 1.165) is 55.4 Å². The van der Waals surface area contributed by atoms with E-state index in [-0.39, 0.29) is 11.1 Å². The van der Waals surface area contributed by atoms with Gasteiger partial charge in [-0.05, 0) is 82.1 Å². The number of nitrogens with one attached hydrogen (secondary N) is 2. The summed E-state index contributed by atoms with van der Waals surface area (Å²) in [5, 5.41) is 18.7. The van der Waals surface area contributed by atoms with Crippen molar-refractivity contribution in [2.45, 2.75) is 39.8 Å². The molecule has 0 radical (unpaired) electrons. The fourth-order valence-electron chi connectivity index (χ4n) is 5.07. The molecule has 0 unspecified atom stereocenters. The Hall–Kier alpha value is -4.19. The normalized spacial score (nSPS) is 14.0. The molecule has 2 aromatic carbocycles. The number of aryl methyl sites for hydroxylation is 2. The van der Waals surface area contributed by atoms with E-state index in [2.05, 4.69) is 30.9 Å². The third-order valence-electron chi connectivity index (χ3n) is 7.64. The number of hydrogen-bond donors (Lipinski definition) is 2. The van der Waals surface area contributed by atoms with Crippen LogP contribution in [0.3, 0.4) is 0 Å². The molecule has 41 heavy (non-hydrogen) atoms. The zero-order valence-corrected chi connectivity index (χ0v) is 23.5. The van der Waals surface area contributed by atoms with Crippen molar-refractivity contribution < 1.29 is 18.0 Å². The maximum atomic E-state index is 13.9. The van der Waals surface area contributed by atoms with Crippen LogP contribution in [-0.4, -0.2) is 61.8 Å². The quantitative estimate of drug-likeness (QED) is 0.298. The van der Waals surface area contributed by atoms with Crippen molar-refractivity contribution in [2.75, 3.05) is 36.8 Å². The van der Waals surface area contributed by atoms with Gasteiger partial charge in [0, 0.05) is 48.3 Å². The van der Waals surface area contributed by atoms with Gasteiger partial charge < -0.3 is 15.5 Å². The number of benzene rings is 2. The molecular weight excluding hydrogens is 533 g/mol. The fraction of sp³-hybridized carbons (Fsp3) is 0.379. The van der Waals surface area contributed by atoms with Crippen LogP contribution in [0.15, 0.2) is 42.7 Å². The molecular formula is C29H33F3N8O. The van der Waals surface area contributed by atoms with Gasteiger partial charge in [-0.15, -0.1) is 5.10 Å². The molecule has 0 bridgehead atoms. The number of carbonyl (C=O) groups is 1. The average molecular weight is 567 g/mol. The van der Waals surface area contributed by atoms with E-state index >= 15 is 0 Å². The molecule has 9 nitrogen and oxygen atoms in total. The Balaban J connectivity index is 1.38. The predicted molar refractivity (Wildman–Crippen MR) is 151 cm³/mol. The number of hydrogen-bond acceptors (Lipinski definition) is 6. The van der Waals surface area contributed by atoms with E-state index in [0.29, 0.717) is 29.3 Å². The molecule has 12 heteroatoms. The van der Waals surface area contributed by atoms with Crippen molar-refractivity contribution in [2.24, 2.45) is 7.05 Å². The Kier molecular flexibility index (Phi) is 7.85. The highest BCUT2D eigenvalue weighted by molar-refractivity contribution is 6.05. The molecule has 0 aliphatic carbocycles. The first-order valence-corrected chi connectivity index (χ1v) is 13.5. The predicted octanol–water partition coefficient (Wildman–Crippen LogP) is 5.37. The number of likely N-dealkylation sites (tertiary alicyclic amines) is 1. The zero-order valence-electron chi connectivity index (χ0n) is 23.5. The lowest BCUT2D eigenvalue weighted by Crippen LogP contribution is -2.26. The van der Waals surface area contributed by atoms with Gasteiger partial charge in [0.25, 0.3) is 5.91 Å². The molecule has 1 fully saturated rings. The first-order valence-electron chi connectivity index (χ1n) is 13.5. The monoisotopic (exact) mass is 566 g/mol. The summed E-state index contributed by atoms with van der Waals surface area (Å²) in [7, 11) is 1.85. The van der Waals surface area contributed by atoms with Crippen molar-refractivity contribution in [3.8, 4) is 16.9 Å². The fourth-order valence-corrected chi connectivity index (χ4v) is 5.07. The highest BCUT2D eigenvalue weighted by atomic mass is 19.4. The van der Waals surface area contributed by atoms with Crippen LogP contribution < -0.4 is 10.6 Å². The second kappa shape index (κ2) is 11.4. The van der Waals surface area contributed by atoms with Crippen molar-refractivity contribution in [1.29, 1.82) is 0 Å². The number of nitrogens with zero attached hydrogens (tertiary/aromatic N) is 6. The van der Waals surface area contributed by atoms with Gasteiger partial charge in [0.15, 0.2) is 0 Å². The third-order valence-corrected chi connectivity index (χ3v) is 7.64. The summed E-state index contributed by atoms with van der Waals surface area (Å²) in [5.41, 5.74) is 3.86. The van der Waals surface area contributed by atoms with Crippen LogP contribution in [0.4, 0.5) is 24.5 Å². The van der Waals surface area contributed by atoms with Crippen LogP contribution in [0, 0.1) is 20.8 Å². The first-order chi connectivity index (χ1) is 19.5. The molecule has 2 aromatic heterocycles. The Morgan fingerprint density at radius 3 is 2.51 bits per heavy atom. The average Bonchev–Trinajstić information content (AvgIpc) is 3.68. The summed E-state index contributed by atoms with van der Waals surface area (Å²) >= 11 is 0. The molecule has 3 heterocycles. The summed E-state index contributed by atoms with van der Waals surface area (Å²) < 4.78 is 45.1. The van der Waals surface area contributed by atoms with Crippen molar-refractivity contribution in [3.05, 3.63) is 70.7 Å². The Bertz CT molecular complexity index is 1570. The summed E-state index contributed by atoms with van der Waals surface area (Å²) in [6, 6.07) is 7.62. The minimum absolute atomic E-state index is 0.0685. The smallest absolute Gasteiger partial charge is 0.384 e. The van der Waals surface area contributed by atoms with Crippen LogP contribution in [0.2, 0.25) is 0 Å². The number of aromatic nitrogens is 5. The highest BCUT2D eigenvalue weighted by Gasteiger charge is 2.34. The van der Waals surface area contributed by atoms with Gasteiger partial charge in [-0.3, -0.25) is 9.48 Å². The molecule has 5 rings (SSSR count). The van der Waals surface area contributed by atoms with E-state index in [1.807, 2.05) is 27.0 Å². The number of anilines is 2. The minimum atomic E-state index is -4.60. The van der Waals surface area contributed by atoms with Gasteiger partial charge in [0.2, 0.25) is 0 Å². The van der Waals surface area contributed by atoms with Crippen molar-refractivity contribution in [3.63, 3.8) is 0 Å². The van der Waals surface area contributed by atoms with Crippen LogP contribution >= 0.6 is 0 Å². The topological polar surface area (TPSA) is 92.9 Å². The molecule has 1 saturated heterocycles. The number of carbonyl (C=O) groups excluding carboxylic acids is 1. The van der Waals surface area contributed by atoms with E-state index in [1.54, 1.807) is 33.9 Å². The molecule has 0 saturated carbocycles. The van der Waals surface area contributed by atoms with Gasteiger partial charge in [0.1, 0.15) is 5.69 Å². The Morgan fingerprint density at radius 1 is 1.07 bits per heavy atom. The summed E-state index contributed by atoms with van der Waals surface area (Å²) in [6.07, 6.45) is 1.17. The van der Waals surface area contributed by atoms with E-state index in [1.165, 1.54) is 13.0 Å². The minimum Gasteiger partial charge on any atom is -0.384 e. The van der Waals surface area contributed by atoms with Crippen LogP contribution in [0.25, 0.3) is 16.9 Å². The number of rotatable bonds is 8. The van der Waals surface area contributed by atoms with Crippen LogP contribution in [0.1, 0.15) is 45.6 Å². The molecule has 2 N–H and O–H groups in total. The number of alkyl halides is 3. The molecule has 1 aliphatic rings. The second-order valence-electron chi connectivity index (χ2n) is 10.4. The maximum Gasteiger partial charge on any atom is 0.416 e. The van der Waals surface area contributed by atoms with Gasteiger partial charge in [0.05, 0.1) is 23.6 Å². The lowest BCUT2D eigenvalue weighted by atomic mass is 10.0. The molecule has 1 amide bonds. The van der Waals surface area contributed by atoms with Gasteiger partial charge in [-0.1, -0.05) is 11.3 Å². The van der Waals surface area contributed by atoms with Gasteiger partial charge in [-0.2, -0.15) is 18.3 Å². The lowest BCUT2D eigenvalue weighted by molar-refractivity contribution is -0.138. The van der Waals surface area contributed by atoms with E-state index < -0.39 is 17.6 Å². The largest absolute Gasteiger partial charge is 0.416 e. The molecule has 0 atom stereocenters. The van der Waals surface area contributed by atoms with Crippen molar-refractivity contribution in [1.82, 2.24) is 29.7 Å². The second-order valence-corrected chi connectivity index (χ2v) is 10.4. The number of halogens is 3. The molecule has 216 valence electrons. The lowest BCUT2D eigenvalue weighted by Gasteiger charge is -2.20. The van der Waals surface area contributed by atoms with Gasteiger partial charge >= 0.3 is 6.18 Å². The van der Waals surface area contributed by atoms with E-state index in [4.69, 9.17) is 0 Å². The Labute approximate surface area is 236 Å². The molecule has 0 spiro atoms. The third kappa shape index (κ3) is 6.12. The van der Waals surface area contributed by atoms with Gasteiger partial charge in [-0.25, -0.2) is 4.68 Å². The maximum absolute atomic E-state index is 13.9.